The van der Waals surface area contributed by atoms with Gasteiger partial charge in [0.15, 0.2) is 0 Å². The minimum absolute atomic E-state index is 0.0666. The summed E-state index contributed by atoms with van der Waals surface area (Å²) in [7, 11) is 3.73. The Morgan fingerprint density at radius 3 is 2.12 bits per heavy atom. The van der Waals surface area contributed by atoms with E-state index in [1.165, 1.54) is 25.0 Å². The summed E-state index contributed by atoms with van der Waals surface area (Å²) in [6, 6.07) is 14.1. The highest BCUT2D eigenvalue weighted by Gasteiger charge is 2.32. The molecule has 8 heteroatoms. The number of nitrogens with zero attached hydrogens (tertiary/aromatic N) is 2. The largest absolute Gasteiger partial charge is 0.497 e. The lowest BCUT2D eigenvalue weighted by Gasteiger charge is -2.41. The van der Waals surface area contributed by atoms with E-state index in [0.717, 1.165) is 24.2 Å². The first-order chi connectivity index (χ1) is 15.0. The van der Waals surface area contributed by atoms with Crippen LogP contribution in [0.15, 0.2) is 53.4 Å². The van der Waals surface area contributed by atoms with Crippen molar-refractivity contribution in [3.63, 3.8) is 0 Å². The SMILES string of the molecule is COc1cccc(C(=O)N(C)[C@@H]2CCCC[C@H]2N(C)C)c1.Cc1ccc(S(=O)(=O)O)cc1. The van der Waals surface area contributed by atoms with Gasteiger partial charge in [0.25, 0.3) is 16.0 Å². The average molecular weight is 463 g/mol. The summed E-state index contributed by atoms with van der Waals surface area (Å²) in [6.45, 7) is 1.84. The van der Waals surface area contributed by atoms with Gasteiger partial charge in [-0.15, -0.1) is 0 Å². The van der Waals surface area contributed by atoms with Crippen molar-refractivity contribution in [3.8, 4) is 5.75 Å². The Labute approximate surface area is 191 Å². The van der Waals surface area contributed by atoms with E-state index in [1.807, 2.05) is 43.1 Å². The lowest BCUT2D eigenvalue weighted by Crippen LogP contribution is -2.51. The molecule has 1 aliphatic rings. The summed E-state index contributed by atoms with van der Waals surface area (Å²) in [5.74, 6) is 0.801. The van der Waals surface area contributed by atoms with Crippen molar-refractivity contribution in [2.24, 2.45) is 0 Å². The van der Waals surface area contributed by atoms with Crippen molar-refractivity contribution < 1.29 is 22.5 Å². The van der Waals surface area contributed by atoms with Crippen LogP contribution in [0.5, 0.6) is 5.75 Å². The number of aryl methyl sites for hydroxylation is 1. The fourth-order valence-corrected chi connectivity index (χ4v) is 4.45. The zero-order chi connectivity index (χ0) is 23.9. The molecular formula is C24H34N2O5S. The first kappa shape index (κ1) is 25.8. The number of amides is 1. The summed E-state index contributed by atoms with van der Waals surface area (Å²) < 4.78 is 34.8. The van der Waals surface area contributed by atoms with Gasteiger partial charge in [-0.2, -0.15) is 8.42 Å². The van der Waals surface area contributed by atoms with Crippen LogP contribution in [0.25, 0.3) is 0 Å². The monoisotopic (exact) mass is 462 g/mol. The lowest BCUT2D eigenvalue weighted by molar-refractivity contribution is 0.0544. The van der Waals surface area contributed by atoms with Crippen LogP contribution >= 0.6 is 0 Å². The van der Waals surface area contributed by atoms with E-state index < -0.39 is 10.1 Å². The van der Waals surface area contributed by atoms with Gasteiger partial charge in [0, 0.05) is 24.7 Å². The topological polar surface area (TPSA) is 87.2 Å². The Kier molecular flexibility index (Phi) is 9.24. The summed E-state index contributed by atoms with van der Waals surface area (Å²) in [6.07, 6.45) is 4.69. The van der Waals surface area contributed by atoms with Crippen LogP contribution in [-0.2, 0) is 10.1 Å². The zero-order valence-electron chi connectivity index (χ0n) is 19.5. The van der Waals surface area contributed by atoms with Gasteiger partial charge in [0.1, 0.15) is 5.75 Å². The smallest absolute Gasteiger partial charge is 0.294 e. The molecule has 0 saturated heterocycles. The van der Waals surface area contributed by atoms with Crippen LogP contribution in [0.3, 0.4) is 0 Å². The molecule has 1 saturated carbocycles. The zero-order valence-corrected chi connectivity index (χ0v) is 20.3. The number of likely N-dealkylation sites (N-methyl/N-ethyl adjacent to an activating group) is 2. The van der Waals surface area contributed by atoms with Gasteiger partial charge in [0.2, 0.25) is 0 Å². The summed E-state index contributed by atoms with van der Waals surface area (Å²) in [4.78, 5) is 16.8. The maximum atomic E-state index is 12.7. The first-order valence-corrected chi connectivity index (χ1v) is 12.1. The third-order valence-electron chi connectivity index (χ3n) is 5.81. The van der Waals surface area contributed by atoms with Crippen LogP contribution < -0.4 is 4.74 Å². The van der Waals surface area contributed by atoms with E-state index in [2.05, 4.69) is 19.0 Å². The molecule has 0 aliphatic heterocycles. The average Bonchev–Trinajstić information content (AvgIpc) is 2.78. The Morgan fingerprint density at radius 2 is 1.59 bits per heavy atom. The molecule has 2 aromatic carbocycles. The van der Waals surface area contributed by atoms with Crippen molar-refractivity contribution in [1.82, 2.24) is 9.80 Å². The Morgan fingerprint density at radius 1 is 1.00 bits per heavy atom. The molecule has 2 atom stereocenters. The second-order valence-corrected chi connectivity index (χ2v) is 9.74. The van der Waals surface area contributed by atoms with Crippen LogP contribution in [0, 0.1) is 6.92 Å². The molecule has 7 nitrogen and oxygen atoms in total. The molecule has 176 valence electrons. The molecular weight excluding hydrogens is 428 g/mol. The number of carbonyl (C=O) groups is 1. The Hall–Kier alpha value is -2.42. The van der Waals surface area contributed by atoms with Gasteiger partial charge in [-0.1, -0.05) is 36.6 Å². The molecule has 1 aliphatic carbocycles. The van der Waals surface area contributed by atoms with E-state index in [0.29, 0.717) is 11.6 Å². The van der Waals surface area contributed by atoms with E-state index in [4.69, 9.17) is 9.29 Å². The molecule has 32 heavy (non-hydrogen) atoms. The van der Waals surface area contributed by atoms with Gasteiger partial charge < -0.3 is 14.5 Å². The van der Waals surface area contributed by atoms with Gasteiger partial charge in [-0.05, 0) is 64.2 Å². The number of benzene rings is 2. The maximum Gasteiger partial charge on any atom is 0.294 e. The number of ether oxygens (including phenoxy) is 1. The van der Waals surface area contributed by atoms with E-state index in [9.17, 15) is 13.2 Å². The molecule has 0 aromatic heterocycles. The van der Waals surface area contributed by atoms with Gasteiger partial charge in [0.05, 0.1) is 12.0 Å². The molecule has 3 rings (SSSR count). The maximum absolute atomic E-state index is 12.7. The molecule has 0 unspecified atom stereocenters. The van der Waals surface area contributed by atoms with Crippen LogP contribution in [-0.4, -0.2) is 69.0 Å². The highest BCUT2D eigenvalue weighted by Crippen LogP contribution is 2.26. The first-order valence-electron chi connectivity index (χ1n) is 10.7. The highest BCUT2D eigenvalue weighted by atomic mass is 32.2. The van der Waals surface area contributed by atoms with Crippen molar-refractivity contribution in [3.05, 3.63) is 59.7 Å². The highest BCUT2D eigenvalue weighted by molar-refractivity contribution is 7.85. The number of hydrogen-bond acceptors (Lipinski definition) is 5. The number of hydrogen-bond donors (Lipinski definition) is 1. The van der Waals surface area contributed by atoms with Crippen LogP contribution in [0.2, 0.25) is 0 Å². The summed E-state index contributed by atoms with van der Waals surface area (Å²) in [5.41, 5.74) is 1.65. The minimum atomic E-state index is -4.02. The Bertz CT molecular complexity index is 990. The molecule has 2 aromatic rings. The van der Waals surface area contributed by atoms with Gasteiger partial charge in [-0.3, -0.25) is 9.35 Å². The number of methoxy groups -OCH3 is 1. The molecule has 1 fully saturated rings. The fraction of sp³-hybridized carbons (Fsp3) is 0.458. The Balaban J connectivity index is 0.000000278. The molecule has 1 N–H and O–H groups in total. The van der Waals surface area contributed by atoms with Crippen LogP contribution in [0.1, 0.15) is 41.6 Å². The van der Waals surface area contributed by atoms with E-state index >= 15 is 0 Å². The predicted octanol–water partition coefficient (Wildman–Crippen LogP) is 3.88. The van der Waals surface area contributed by atoms with Crippen LogP contribution in [0.4, 0.5) is 0 Å². The van der Waals surface area contributed by atoms with Gasteiger partial charge >= 0.3 is 0 Å². The summed E-state index contributed by atoms with van der Waals surface area (Å²) >= 11 is 0. The number of carbonyl (C=O) groups excluding carboxylic acids is 1. The molecule has 0 spiro atoms. The predicted molar refractivity (Wildman–Crippen MR) is 126 cm³/mol. The molecule has 1 amide bonds. The number of rotatable bonds is 5. The molecule has 0 bridgehead atoms. The third kappa shape index (κ3) is 7.05. The molecule has 0 heterocycles. The van der Waals surface area contributed by atoms with Gasteiger partial charge in [-0.25, -0.2) is 0 Å². The minimum Gasteiger partial charge on any atom is -0.497 e. The fourth-order valence-electron chi connectivity index (χ4n) is 3.97. The second kappa shape index (κ2) is 11.4. The third-order valence-corrected chi connectivity index (χ3v) is 6.68. The van der Waals surface area contributed by atoms with Crippen molar-refractivity contribution >= 4 is 16.0 Å². The van der Waals surface area contributed by atoms with Crippen molar-refractivity contribution in [1.29, 1.82) is 0 Å². The quantitative estimate of drug-likeness (QED) is 0.679. The van der Waals surface area contributed by atoms with Crippen molar-refractivity contribution in [2.45, 2.75) is 49.6 Å². The lowest BCUT2D eigenvalue weighted by atomic mass is 9.88. The standard InChI is InChI=1S/C17H26N2O2.C7H8O3S/c1-18(2)15-10-5-6-11-16(15)19(3)17(20)13-8-7-9-14(12-13)21-4;1-6-2-4-7(5-3-6)11(8,9)10/h7-9,12,15-16H,5-6,10-11H2,1-4H3;2-5H,1H3,(H,8,9,10)/t15-,16-;/m1./s1. The second-order valence-electron chi connectivity index (χ2n) is 8.32. The summed E-state index contributed by atoms with van der Waals surface area (Å²) in [5, 5.41) is 0. The van der Waals surface area contributed by atoms with E-state index in [1.54, 1.807) is 19.2 Å². The normalized spacial score (nSPS) is 18.5. The van der Waals surface area contributed by atoms with E-state index in [-0.39, 0.29) is 16.8 Å². The molecule has 0 radical (unpaired) electrons. The van der Waals surface area contributed by atoms with Crippen molar-refractivity contribution in [2.75, 3.05) is 28.3 Å².